The summed E-state index contributed by atoms with van der Waals surface area (Å²) < 4.78 is 12.0. The highest BCUT2D eigenvalue weighted by molar-refractivity contribution is 5.39. The van der Waals surface area contributed by atoms with Crippen LogP contribution in [0.25, 0.3) is 0 Å². The molecular weight excluding hydrogens is 123 g/mol. The maximum absolute atomic E-state index is 12.0. The Morgan fingerprint density at radius 1 is 1.22 bits per heavy atom. The van der Waals surface area contributed by atoms with Crippen molar-refractivity contribution in [1.29, 1.82) is 0 Å². The molecule has 0 saturated carbocycles. The van der Waals surface area contributed by atoms with Gasteiger partial charge in [0.05, 0.1) is 0 Å². The molecule has 0 atom stereocenters. The van der Waals surface area contributed by atoms with Crippen LogP contribution < -0.4 is 11.5 Å². The molecule has 4 N–H and O–H groups in total. The molecule has 0 amide bonds. The zero-order chi connectivity index (χ0) is 6.85. The van der Waals surface area contributed by atoms with Gasteiger partial charge in [-0.1, -0.05) is 0 Å². The van der Waals surface area contributed by atoms with Gasteiger partial charge >= 0.3 is 6.08 Å². The van der Waals surface area contributed by atoms with Crippen LogP contribution >= 0.6 is 0 Å². The Balaban J connectivity index is 3.17. The third-order valence-corrected chi connectivity index (χ3v) is 0.738. The van der Waals surface area contributed by atoms with E-state index in [0.717, 1.165) is 0 Å². The number of nitrogens with zero attached hydrogens (tertiary/aromatic N) is 2. The molecule has 0 radical (unpaired) electrons. The van der Waals surface area contributed by atoms with Crippen LogP contribution in [0.4, 0.5) is 16.0 Å². The van der Waals surface area contributed by atoms with Gasteiger partial charge in [0.1, 0.15) is 11.6 Å². The summed E-state index contributed by atoms with van der Waals surface area (Å²) in [5, 5.41) is 0. The summed E-state index contributed by atoms with van der Waals surface area (Å²) in [7, 11) is 0. The van der Waals surface area contributed by atoms with Crippen LogP contribution in [0.5, 0.6) is 0 Å². The first kappa shape index (κ1) is 5.74. The molecule has 9 heavy (non-hydrogen) atoms. The van der Waals surface area contributed by atoms with Crippen molar-refractivity contribution in [2.75, 3.05) is 11.5 Å². The molecular formula is C4H5FN4. The Bertz CT molecular complexity index is 173. The normalized spacial score (nSPS) is 9.44. The van der Waals surface area contributed by atoms with Gasteiger partial charge in [0.15, 0.2) is 0 Å². The number of nitrogen functional groups attached to an aromatic ring is 2. The second kappa shape index (κ2) is 1.85. The minimum absolute atomic E-state index is 0.0417. The maximum atomic E-state index is 12.0. The van der Waals surface area contributed by atoms with E-state index in [1.807, 2.05) is 0 Å². The highest BCUT2D eigenvalue weighted by atomic mass is 19.1. The summed E-state index contributed by atoms with van der Waals surface area (Å²) in [5.74, 6) is 0.0833. The standard InChI is InChI=1S/C4H5FN4/c5-4-8-2(6)1-3(7)9-4/h1H,(H4,6,7,8,9). The Labute approximate surface area is 50.7 Å². The molecule has 0 bridgehead atoms. The van der Waals surface area contributed by atoms with E-state index in [0.29, 0.717) is 0 Å². The zero-order valence-corrected chi connectivity index (χ0v) is 4.50. The quantitative estimate of drug-likeness (QED) is 0.473. The number of anilines is 2. The first-order valence-corrected chi connectivity index (χ1v) is 2.24. The molecule has 0 unspecified atom stereocenters. The zero-order valence-electron chi connectivity index (χ0n) is 4.50. The fourth-order valence-corrected chi connectivity index (χ4v) is 0.454. The highest BCUT2D eigenvalue weighted by Crippen LogP contribution is 2.01. The lowest BCUT2D eigenvalue weighted by molar-refractivity contribution is 0.543. The van der Waals surface area contributed by atoms with E-state index in [1.54, 1.807) is 0 Å². The fourth-order valence-electron chi connectivity index (χ4n) is 0.454. The van der Waals surface area contributed by atoms with Gasteiger partial charge < -0.3 is 11.5 Å². The third-order valence-electron chi connectivity index (χ3n) is 0.738. The monoisotopic (exact) mass is 128 g/mol. The molecule has 1 rings (SSSR count). The fraction of sp³-hybridized carbons (Fsp3) is 0. The molecule has 1 heterocycles. The van der Waals surface area contributed by atoms with Gasteiger partial charge in [-0.25, -0.2) is 0 Å². The van der Waals surface area contributed by atoms with E-state index in [2.05, 4.69) is 9.97 Å². The van der Waals surface area contributed by atoms with Gasteiger partial charge in [-0.15, -0.1) is 0 Å². The van der Waals surface area contributed by atoms with E-state index in [9.17, 15) is 4.39 Å². The highest BCUT2D eigenvalue weighted by Gasteiger charge is 1.95. The van der Waals surface area contributed by atoms with Crippen molar-refractivity contribution in [2.24, 2.45) is 0 Å². The summed E-state index contributed by atoms with van der Waals surface area (Å²) in [4.78, 5) is 6.31. The van der Waals surface area contributed by atoms with Crippen LogP contribution in [0.3, 0.4) is 0 Å². The molecule has 1 aromatic rings. The number of hydrogen-bond donors (Lipinski definition) is 2. The van der Waals surface area contributed by atoms with Gasteiger partial charge in [-0.3, -0.25) is 0 Å². The van der Waals surface area contributed by atoms with Crippen LogP contribution in [0.1, 0.15) is 0 Å². The van der Waals surface area contributed by atoms with E-state index in [4.69, 9.17) is 11.5 Å². The smallest absolute Gasteiger partial charge is 0.312 e. The summed E-state index contributed by atoms with van der Waals surface area (Å²) in [5.41, 5.74) is 10.2. The molecule has 0 aliphatic rings. The van der Waals surface area contributed by atoms with Crippen molar-refractivity contribution in [3.63, 3.8) is 0 Å². The van der Waals surface area contributed by atoms with Gasteiger partial charge in [-0.2, -0.15) is 14.4 Å². The lowest BCUT2D eigenvalue weighted by Gasteiger charge is -1.92. The molecule has 48 valence electrons. The Morgan fingerprint density at radius 3 is 2.00 bits per heavy atom. The average molecular weight is 128 g/mol. The SMILES string of the molecule is Nc1cc(N)nc(F)n1. The van der Waals surface area contributed by atoms with Crippen molar-refractivity contribution in [1.82, 2.24) is 9.97 Å². The topological polar surface area (TPSA) is 77.8 Å². The van der Waals surface area contributed by atoms with Crippen molar-refractivity contribution < 1.29 is 4.39 Å². The first-order chi connectivity index (χ1) is 4.18. The van der Waals surface area contributed by atoms with E-state index in [-0.39, 0.29) is 11.6 Å². The molecule has 5 heteroatoms. The number of hydrogen-bond acceptors (Lipinski definition) is 4. The minimum atomic E-state index is -0.896. The largest absolute Gasteiger partial charge is 0.383 e. The molecule has 0 aromatic carbocycles. The third kappa shape index (κ3) is 1.25. The molecule has 0 saturated heterocycles. The Kier molecular flexibility index (Phi) is 1.18. The van der Waals surface area contributed by atoms with Gasteiger partial charge in [0.2, 0.25) is 0 Å². The molecule has 0 aliphatic carbocycles. The van der Waals surface area contributed by atoms with E-state index < -0.39 is 6.08 Å². The lowest BCUT2D eigenvalue weighted by Crippen LogP contribution is -1.99. The predicted molar refractivity (Wildman–Crippen MR) is 30.8 cm³/mol. The Morgan fingerprint density at radius 2 is 1.67 bits per heavy atom. The summed E-state index contributed by atoms with van der Waals surface area (Å²) in [6.45, 7) is 0. The van der Waals surface area contributed by atoms with Crippen molar-refractivity contribution >= 4 is 11.6 Å². The van der Waals surface area contributed by atoms with Gasteiger partial charge in [-0.05, 0) is 0 Å². The van der Waals surface area contributed by atoms with Crippen molar-refractivity contribution in [3.05, 3.63) is 12.1 Å². The Hall–Kier alpha value is -1.39. The summed E-state index contributed by atoms with van der Waals surface area (Å²) >= 11 is 0. The van der Waals surface area contributed by atoms with Crippen LogP contribution in [0, 0.1) is 6.08 Å². The second-order valence-corrected chi connectivity index (χ2v) is 1.49. The van der Waals surface area contributed by atoms with Crippen LogP contribution in [-0.2, 0) is 0 Å². The second-order valence-electron chi connectivity index (χ2n) is 1.49. The van der Waals surface area contributed by atoms with Crippen molar-refractivity contribution in [3.8, 4) is 0 Å². The minimum Gasteiger partial charge on any atom is -0.383 e. The molecule has 4 nitrogen and oxygen atoms in total. The summed E-state index contributed by atoms with van der Waals surface area (Å²) in [6.07, 6.45) is -0.896. The molecule has 0 aliphatic heterocycles. The first-order valence-electron chi connectivity index (χ1n) is 2.24. The predicted octanol–water partition coefficient (Wildman–Crippen LogP) is -0.220. The number of rotatable bonds is 0. The lowest BCUT2D eigenvalue weighted by atomic mass is 10.5. The van der Waals surface area contributed by atoms with E-state index in [1.165, 1.54) is 6.07 Å². The average Bonchev–Trinajstić information content (AvgIpc) is 1.59. The van der Waals surface area contributed by atoms with Crippen LogP contribution in [-0.4, -0.2) is 9.97 Å². The maximum Gasteiger partial charge on any atom is 0.312 e. The van der Waals surface area contributed by atoms with Crippen LogP contribution in [0.15, 0.2) is 6.07 Å². The van der Waals surface area contributed by atoms with E-state index >= 15 is 0 Å². The van der Waals surface area contributed by atoms with Gasteiger partial charge in [0.25, 0.3) is 0 Å². The number of nitrogens with two attached hydrogens (primary N) is 2. The number of halogens is 1. The van der Waals surface area contributed by atoms with Crippen molar-refractivity contribution in [2.45, 2.75) is 0 Å². The molecule has 1 aromatic heterocycles. The van der Waals surface area contributed by atoms with Gasteiger partial charge in [0, 0.05) is 6.07 Å². The number of aromatic nitrogens is 2. The van der Waals surface area contributed by atoms with Crippen LogP contribution in [0.2, 0.25) is 0 Å². The summed E-state index contributed by atoms with van der Waals surface area (Å²) in [6, 6.07) is 1.28. The molecule has 0 fully saturated rings. The molecule has 0 spiro atoms.